The van der Waals surface area contributed by atoms with E-state index in [1.165, 1.54) is 25.4 Å². The van der Waals surface area contributed by atoms with Gasteiger partial charge in [0.05, 0.1) is 12.7 Å². The van der Waals surface area contributed by atoms with Gasteiger partial charge in [0.2, 0.25) is 5.88 Å². The Morgan fingerprint density at radius 3 is 2.62 bits per heavy atom. The molecular weight excluding hydrogens is 220 g/mol. The number of carbonyl (C=O) groups excluding carboxylic acids is 1. The topological polar surface area (TPSA) is 48.4 Å². The van der Waals surface area contributed by atoms with E-state index in [2.05, 4.69) is 9.72 Å². The van der Waals surface area contributed by atoms with Crippen LogP contribution < -0.4 is 4.74 Å². The fourth-order valence-electron chi connectivity index (χ4n) is 0.905. The molecule has 0 spiro atoms. The van der Waals surface area contributed by atoms with Crippen molar-refractivity contribution in [1.29, 1.82) is 0 Å². The van der Waals surface area contributed by atoms with Gasteiger partial charge in [-0.3, -0.25) is 0 Å². The molecule has 0 aliphatic carbocycles. The zero-order valence-electron chi connectivity index (χ0n) is 8.87. The zero-order valence-corrected chi connectivity index (χ0v) is 8.87. The number of hydrogen-bond acceptors (Lipinski definition) is 4. The second kappa shape index (κ2) is 4.87. The Morgan fingerprint density at radius 2 is 2.19 bits per heavy atom. The van der Waals surface area contributed by atoms with E-state index in [1.54, 1.807) is 0 Å². The average molecular weight is 231 g/mol. The summed E-state index contributed by atoms with van der Waals surface area (Å²) in [5, 5.41) is 0. The lowest BCUT2D eigenvalue weighted by atomic mass is 10.3. The number of nitrogens with zero attached hydrogens (tertiary/aromatic N) is 1. The van der Waals surface area contributed by atoms with Crippen LogP contribution in [0.4, 0.5) is 8.78 Å². The summed E-state index contributed by atoms with van der Waals surface area (Å²) in [4.78, 5) is 14.7. The lowest BCUT2D eigenvalue weighted by Gasteiger charge is -2.11. The molecule has 0 saturated heterocycles. The molecule has 0 radical (unpaired) electrons. The van der Waals surface area contributed by atoms with E-state index >= 15 is 0 Å². The maximum Gasteiger partial charge on any atom is 0.339 e. The minimum atomic E-state index is -2.91. The third-order valence-electron chi connectivity index (χ3n) is 1.63. The lowest BCUT2D eigenvalue weighted by molar-refractivity contribution is -0.0242. The van der Waals surface area contributed by atoms with Crippen molar-refractivity contribution in [3.8, 4) is 5.88 Å². The number of pyridine rings is 1. The van der Waals surface area contributed by atoms with Crippen molar-refractivity contribution in [3.05, 3.63) is 23.9 Å². The number of aromatic nitrogens is 1. The molecule has 0 aliphatic rings. The van der Waals surface area contributed by atoms with E-state index in [0.717, 1.165) is 6.92 Å². The predicted octanol–water partition coefficient (Wildman–Crippen LogP) is 1.90. The minimum absolute atomic E-state index is 0.0363. The molecule has 0 fully saturated rings. The summed E-state index contributed by atoms with van der Waals surface area (Å²) in [5.41, 5.74) is 0.234. The van der Waals surface area contributed by atoms with Gasteiger partial charge < -0.3 is 9.47 Å². The molecule has 1 aromatic heterocycles. The molecule has 0 saturated carbocycles. The first kappa shape index (κ1) is 12.4. The maximum absolute atomic E-state index is 12.4. The van der Waals surface area contributed by atoms with Gasteiger partial charge in [0.15, 0.2) is 6.61 Å². The fraction of sp³-hybridized carbons (Fsp3) is 0.400. The van der Waals surface area contributed by atoms with Crippen molar-refractivity contribution in [2.45, 2.75) is 12.8 Å². The third kappa shape index (κ3) is 3.80. The number of carbonyl (C=O) groups is 1. The third-order valence-corrected chi connectivity index (χ3v) is 1.63. The monoisotopic (exact) mass is 231 g/mol. The maximum atomic E-state index is 12.4. The summed E-state index contributed by atoms with van der Waals surface area (Å²) in [6.45, 7) is -0.00656. The molecular formula is C10H11F2NO3. The van der Waals surface area contributed by atoms with Crippen LogP contribution in [0.3, 0.4) is 0 Å². The summed E-state index contributed by atoms with van der Waals surface area (Å²) >= 11 is 0. The quantitative estimate of drug-likeness (QED) is 0.742. The SMILES string of the molecule is COC(=O)c1ccc(OCC(C)(F)F)nc1. The summed E-state index contributed by atoms with van der Waals surface area (Å²) in [7, 11) is 1.24. The van der Waals surface area contributed by atoms with Crippen molar-refractivity contribution in [2.24, 2.45) is 0 Å². The summed E-state index contributed by atoms with van der Waals surface area (Å²) in [6.07, 6.45) is 1.20. The van der Waals surface area contributed by atoms with Crippen LogP contribution in [0.15, 0.2) is 18.3 Å². The van der Waals surface area contributed by atoms with Crippen LogP contribution in [0, 0.1) is 0 Å². The van der Waals surface area contributed by atoms with Crippen LogP contribution in [-0.4, -0.2) is 30.6 Å². The first-order valence-electron chi connectivity index (χ1n) is 4.47. The van der Waals surface area contributed by atoms with Gasteiger partial charge in [-0.25, -0.2) is 18.6 Å². The highest BCUT2D eigenvalue weighted by atomic mass is 19.3. The Morgan fingerprint density at radius 1 is 1.50 bits per heavy atom. The fourth-order valence-corrected chi connectivity index (χ4v) is 0.905. The van der Waals surface area contributed by atoms with Gasteiger partial charge in [-0.2, -0.15) is 0 Å². The molecule has 0 aromatic carbocycles. The Hall–Kier alpha value is -1.72. The van der Waals surface area contributed by atoms with E-state index < -0.39 is 18.5 Å². The van der Waals surface area contributed by atoms with Gasteiger partial charge in [0.25, 0.3) is 5.92 Å². The van der Waals surface area contributed by atoms with Gasteiger partial charge in [0, 0.05) is 19.2 Å². The number of methoxy groups -OCH3 is 1. The second-order valence-corrected chi connectivity index (χ2v) is 3.24. The van der Waals surface area contributed by atoms with Crippen molar-refractivity contribution in [2.75, 3.05) is 13.7 Å². The van der Waals surface area contributed by atoms with Gasteiger partial charge >= 0.3 is 5.97 Å². The smallest absolute Gasteiger partial charge is 0.339 e. The van der Waals surface area contributed by atoms with Gasteiger partial charge in [0.1, 0.15) is 0 Å². The van der Waals surface area contributed by atoms with Crippen LogP contribution in [-0.2, 0) is 4.74 Å². The van der Waals surface area contributed by atoms with Crippen LogP contribution in [0.2, 0.25) is 0 Å². The minimum Gasteiger partial charge on any atom is -0.471 e. The first-order valence-corrected chi connectivity index (χ1v) is 4.47. The molecule has 16 heavy (non-hydrogen) atoms. The van der Waals surface area contributed by atoms with Crippen molar-refractivity contribution in [1.82, 2.24) is 4.98 Å². The number of ether oxygens (including phenoxy) is 2. The number of esters is 1. The van der Waals surface area contributed by atoms with Crippen molar-refractivity contribution >= 4 is 5.97 Å². The molecule has 1 aromatic rings. The number of halogens is 2. The Kier molecular flexibility index (Phi) is 3.76. The van der Waals surface area contributed by atoms with Crippen LogP contribution in [0.1, 0.15) is 17.3 Å². The van der Waals surface area contributed by atoms with Crippen molar-refractivity contribution < 1.29 is 23.0 Å². The number of hydrogen-bond donors (Lipinski definition) is 0. The van der Waals surface area contributed by atoms with E-state index in [9.17, 15) is 13.6 Å². The molecule has 0 N–H and O–H groups in total. The Balaban J connectivity index is 2.62. The van der Waals surface area contributed by atoms with Crippen LogP contribution in [0.5, 0.6) is 5.88 Å². The largest absolute Gasteiger partial charge is 0.471 e. The van der Waals surface area contributed by atoms with Crippen molar-refractivity contribution in [3.63, 3.8) is 0 Å². The van der Waals surface area contributed by atoms with Crippen LogP contribution in [0.25, 0.3) is 0 Å². The predicted molar refractivity (Wildman–Crippen MR) is 51.7 cm³/mol. The van der Waals surface area contributed by atoms with Gasteiger partial charge in [-0.1, -0.05) is 0 Å². The first-order chi connectivity index (χ1) is 7.42. The Bertz CT molecular complexity index is 359. The molecule has 0 unspecified atom stereocenters. The highest BCUT2D eigenvalue weighted by molar-refractivity contribution is 5.88. The van der Waals surface area contributed by atoms with E-state index in [-0.39, 0.29) is 11.4 Å². The molecule has 88 valence electrons. The summed E-state index contributed by atoms with van der Waals surface area (Å²) in [5.74, 6) is -3.42. The highest BCUT2D eigenvalue weighted by Crippen LogP contribution is 2.15. The number of alkyl halides is 2. The van der Waals surface area contributed by atoms with Gasteiger partial charge in [-0.05, 0) is 6.07 Å². The molecule has 0 amide bonds. The standard InChI is InChI=1S/C10H11F2NO3/c1-10(11,12)6-16-8-4-3-7(5-13-8)9(14)15-2/h3-5H,6H2,1-2H3. The van der Waals surface area contributed by atoms with E-state index in [1.807, 2.05) is 0 Å². The van der Waals surface area contributed by atoms with Crippen LogP contribution >= 0.6 is 0 Å². The molecule has 4 nitrogen and oxygen atoms in total. The normalized spacial score (nSPS) is 11.0. The molecule has 0 atom stereocenters. The Labute approximate surface area is 91.2 Å². The summed E-state index contributed by atoms with van der Waals surface area (Å²) < 4.78 is 34.1. The molecule has 0 bridgehead atoms. The van der Waals surface area contributed by atoms with Gasteiger partial charge in [-0.15, -0.1) is 0 Å². The van der Waals surface area contributed by atoms with E-state index in [0.29, 0.717) is 0 Å². The second-order valence-electron chi connectivity index (χ2n) is 3.24. The van der Waals surface area contributed by atoms with E-state index in [4.69, 9.17) is 4.74 Å². The average Bonchev–Trinajstić information content (AvgIpc) is 2.25. The highest BCUT2D eigenvalue weighted by Gasteiger charge is 2.22. The lowest BCUT2D eigenvalue weighted by Crippen LogP contribution is -2.21. The zero-order chi connectivity index (χ0) is 12.2. The molecule has 1 heterocycles. The molecule has 0 aliphatic heterocycles. The number of rotatable bonds is 4. The molecule has 1 rings (SSSR count). The molecule has 6 heteroatoms. The summed E-state index contributed by atoms with van der Waals surface area (Å²) in [6, 6.07) is 2.72.